The Balaban J connectivity index is 2.50. The first-order valence-corrected chi connectivity index (χ1v) is 6.23. The van der Waals surface area contributed by atoms with Crippen molar-refractivity contribution in [3.8, 4) is 0 Å². The molecule has 0 aliphatic heterocycles. The summed E-state index contributed by atoms with van der Waals surface area (Å²) in [5.74, 6) is 0.916. The molecule has 82 valence electrons. The fourth-order valence-corrected chi connectivity index (χ4v) is 1.47. The van der Waals surface area contributed by atoms with E-state index in [0.29, 0.717) is 18.7 Å². The Hall–Kier alpha value is -1.00. The summed E-state index contributed by atoms with van der Waals surface area (Å²) in [5, 5.41) is 2.85. The standard InChI is InChI=1S/C11H16N2OS/c1-15-7-6-13-11(14)10-4-2-9(8-12)3-5-10/h2-5H,6-8,12H2,1H3,(H,13,14). The number of nitrogens with one attached hydrogen (secondary N) is 1. The van der Waals surface area contributed by atoms with Crippen LogP contribution in [0.3, 0.4) is 0 Å². The zero-order valence-electron chi connectivity index (χ0n) is 8.82. The molecule has 3 nitrogen and oxygen atoms in total. The van der Waals surface area contributed by atoms with Crippen LogP contribution in [0.15, 0.2) is 24.3 Å². The Labute approximate surface area is 94.4 Å². The van der Waals surface area contributed by atoms with Crippen LogP contribution in [0.25, 0.3) is 0 Å². The maximum Gasteiger partial charge on any atom is 0.251 e. The van der Waals surface area contributed by atoms with Gasteiger partial charge in [0, 0.05) is 24.4 Å². The molecule has 0 radical (unpaired) electrons. The molecule has 0 aromatic heterocycles. The van der Waals surface area contributed by atoms with Crippen molar-refractivity contribution in [2.24, 2.45) is 5.73 Å². The van der Waals surface area contributed by atoms with Gasteiger partial charge in [0.1, 0.15) is 0 Å². The number of thioether (sulfide) groups is 1. The number of carbonyl (C=O) groups is 1. The molecule has 3 N–H and O–H groups in total. The Morgan fingerprint density at radius 3 is 2.60 bits per heavy atom. The smallest absolute Gasteiger partial charge is 0.251 e. The molecular formula is C11H16N2OS. The fraction of sp³-hybridized carbons (Fsp3) is 0.364. The van der Waals surface area contributed by atoms with E-state index in [1.807, 2.05) is 18.4 Å². The highest BCUT2D eigenvalue weighted by molar-refractivity contribution is 7.98. The van der Waals surface area contributed by atoms with Gasteiger partial charge in [0.15, 0.2) is 0 Å². The third-order valence-electron chi connectivity index (χ3n) is 2.04. The van der Waals surface area contributed by atoms with E-state index in [1.54, 1.807) is 23.9 Å². The molecule has 0 heterocycles. The van der Waals surface area contributed by atoms with Crippen molar-refractivity contribution in [1.29, 1.82) is 0 Å². The number of rotatable bonds is 5. The van der Waals surface area contributed by atoms with Gasteiger partial charge in [-0.25, -0.2) is 0 Å². The van der Waals surface area contributed by atoms with Crippen LogP contribution < -0.4 is 11.1 Å². The SMILES string of the molecule is CSCCNC(=O)c1ccc(CN)cc1. The van der Waals surface area contributed by atoms with E-state index >= 15 is 0 Å². The van der Waals surface area contributed by atoms with Gasteiger partial charge in [0.2, 0.25) is 0 Å². The van der Waals surface area contributed by atoms with E-state index in [-0.39, 0.29) is 5.91 Å². The lowest BCUT2D eigenvalue weighted by atomic mass is 10.1. The molecule has 0 unspecified atom stereocenters. The van der Waals surface area contributed by atoms with Gasteiger partial charge in [-0.15, -0.1) is 0 Å². The van der Waals surface area contributed by atoms with E-state index in [1.165, 1.54) is 0 Å². The molecule has 0 spiro atoms. The maximum absolute atomic E-state index is 11.6. The predicted molar refractivity (Wildman–Crippen MR) is 65.0 cm³/mol. The zero-order chi connectivity index (χ0) is 11.1. The molecule has 1 rings (SSSR count). The summed E-state index contributed by atoms with van der Waals surface area (Å²) < 4.78 is 0. The molecule has 1 aromatic rings. The molecule has 15 heavy (non-hydrogen) atoms. The third kappa shape index (κ3) is 3.93. The largest absolute Gasteiger partial charge is 0.351 e. The zero-order valence-corrected chi connectivity index (χ0v) is 9.64. The van der Waals surface area contributed by atoms with Crippen LogP contribution in [0.4, 0.5) is 0 Å². The number of amides is 1. The van der Waals surface area contributed by atoms with Crippen molar-refractivity contribution in [3.63, 3.8) is 0 Å². The van der Waals surface area contributed by atoms with Gasteiger partial charge in [0.05, 0.1) is 0 Å². The van der Waals surface area contributed by atoms with Crippen LogP contribution in [-0.4, -0.2) is 24.5 Å². The second-order valence-corrected chi connectivity index (χ2v) is 4.14. The van der Waals surface area contributed by atoms with Crippen LogP contribution in [0, 0.1) is 0 Å². The van der Waals surface area contributed by atoms with Crippen molar-refractivity contribution in [2.75, 3.05) is 18.6 Å². The molecule has 0 saturated carbocycles. The molecule has 1 aromatic carbocycles. The monoisotopic (exact) mass is 224 g/mol. The van der Waals surface area contributed by atoms with Gasteiger partial charge in [-0.3, -0.25) is 4.79 Å². The maximum atomic E-state index is 11.6. The number of carbonyl (C=O) groups excluding carboxylic acids is 1. The van der Waals surface area contributed by atoms with Crippen molar-refractivity contribution in [1.82, 2.24) is 5.32 Å². The molecular weight excluding hydrogens is 208 g/mol. The Kier molecular flexibility index (Phi) is 5.21. The van der Waals surface area contributed by atoms with Gasteiger partial charge in [0.25, 0.3) is 5.91 Å². The van der Waals surface area contributed by atoms with Crippen molar-refractivity contribution in [3.05, 3.63) is 35.4 Å². The Morgan fingerprint density at radius 2 is 2.07 bits per heavy atom. The quantitative estimate of drug-likeness (QED) is 0.740. The first-order valence-electron chi connectivity index (χ1n) is 4.84. The summed E-state index contributed by atoms with van der Waals surface area (Å²) >= 11 is 1.71. The summed E-state index contributed by atoms with van der Waals surface area (Å²) in [5.41, 5.74) is 7.20. The lowest BCUT2D eigenvalue weighted by Gasteiger charge is -2.04. The first kappa shape index (κ1) is 12.1. The first-order chi connectivity index (χ1) is 7.27. The average Bonchev–Trinajstić information content (AvgIpc) is 2.29. The van der Waals surface area contributed by atoms with Crippen LogP contribution in [-0.2, 0) is 6.54 Å². The molecule has 4 heteroatoms. The fourth-order valence-electron chi connectivity index (χ4n) is 1.16. The van der Waals surface area contributed by atoms with E-state index in [0.717, 1.165) is 11.3 Å². The molecule has 0 atom stereocenters. The van der Waals surface area contributed by atoms with Gasteiger partial charge < -0.3 is 11.1 Å². The molecule has 0 saturated heterocycles. The summed E-state index contributed by atoms with van der Waals surface area (Å²) in [6.45, 7) is 1.22. The normalized spacial score (nSPS) is 10.0. The predicted octanol–water partition coefficient (Wildman–Crippen LogP) is 1.24. The van der Waals surface area contributed by atoms with Crippen molar-refractivity contribution >= 4 is 17.7 Å². The lowest BCUT2D eigenvalue weighted by Crippen LogP contribution is -2.25. The van der Waals surface area contributed by atoms with Gasteiger partial charge in [-0.2, -0.15) is 11.8 Å². The number of nitrogens with two attached hydrogens (primary N) is 1. The highest BCUT2D eigenvalue weighted by Gasteiger charge is 2.03. The van der Waals surface area contributed by atoms with Gasteiger partial charge >= 0.3 is 0 Å². The minimum Gasteiger partial charge on any atom is -0.351 e. The van der Waals surface area contributed by atoms with Crippen LogP contribution in [0.5, 0.6) is 0 Å². The number of benzene rings is 1. The number of hydrogen-bond donors (Lipinski definition) is 2. The molecule has 0 aliphatic carbocycles. The summed E-state index contributed by atoms with van der Waals surface area (Å²) in [4.78, 5) is 11.6. The topological polar surface area (TPSA) is 55.1 Å². The molecule has 0 bridgehead atoms. The Morgan fingerprint density at radius 1 is 1.40 bits per heavy atom. The highest BCUT2D eigenvalue weighted by Crippen LogP contribution is 2.03. The Bertz CT molecular complexity index is 311. The van der Waals surface area contributed by atoms with Crippen molar-refractivity contribution in [2.45, 2.75) is 6.54 Å². The lowest BCUT2D eigenvalue weighted by molar-refractivity contribution is 0.0956. The second kappa shape index (κ2) is 6.48. The average molecular weight is 224 g/mol. The van der Waals surface area contributed by atoms with Gasteiger partial charge in [-0.1, -0.05) is 12.1 Å². The van der Waals surface area contributed by atoms with E-state index in [2.05, 4.69) is 5.32 Å². The highest BCUT2D eigenvalue weighted by atomic mass is 32.2. The minimum atomic E-state index is -0.0207. The van der Waals surface area contributed by atoms with Crippen molar-refractivity contribution < 1.29 is 4.79 Å². The number of hydrogen-bond acceptors (Lipinski definition) is 3. The summed E-state index contributed by atoms with van der Waals surface area (Å²) in [6, 6.07) is 7.36. The van der Waals surface area contributed by atoms with Crippen LogP contribution in [0.2, 0.25) is 0 Å². The van der Waals surface area contributed by atoms with Crippen LogP contribution in [0.1, 0.15) is 15.9 Å². The molecule has 0 aliphatic rings. The third-order valence-corrected chi connectivity index (χ3v) is 2.66. The van der Waals surface area contributed by atoms with Crippen LogP contribution >= 0.6 is 11.8 Å². The molecule has 1 amide bonds. The van der Waals surface area contributed by atoms with E-state index in [4.69, 9.17) is 5.73 Å². The summed E-state index contributed by atoms with van der Waals surface area (Å²) in [6.07, 6.45) is 2.02. The summed E-state index contributed by atoms with van der Waals surface area (Å²) in [7, 11) is 0. The van der Waals surface area contributed by atoms with Gasteiger partial charge in [-0.05, 0) is 24.0 Å². The molecule has 0 fully saturated rings. The van der Waals surface area contributed by atoms with E-state index < -0.39 is 0 Å². The second-order valence-electron chi connectivity index (χ2n) is 3.15. The van der Waals surface area contributed by atoms with E-state index in [9.17, 15) is 4.79 Å². The minimum absolute atomic E-state index is 0.0207.